The van der Waals surface area contributed by atoms with Crippen LogP contribution < -0.4 is 0 Å². The molecule has 1 aromatic heterocycles. The van der Waals surface area contributed by atoms with Crippen molar-refractivity contribution in [2.75, 3.05) is 18.8 Å². The van der Waals surface area contributed by atoms with E-state index in [1.54, 1.807) is 22.9 Å². The van der Waals surface area contributed by atoms with E-state index < -0.39 is 21.7 Å². The number of piperidine rings is 1. The Bertz CT molecular complexity index is 636. The lowest BCUT2D eigenvalue weighted by molar-refractivity contribution is 0.0680. The van der Waals surface area contributed by atoms with Gasteiger partial charge in [-0.1, -0.05) is 0 Å². The van der Waals surface area contributed by atoms with E-state index in [9.17, 15) is 13.2 Å². The molecule has 1 N–H and O–H groups in total. The van der Waals surface area contributed by atoms with E-state index in [0.29, 0.717) is 25.9 Å². The van der Waals surface area contributed by atoms with Gasteiger partial charge in [-0.05, 0) is 25.0 Å². The Morgan fingerprint density at radius 3 is 2.65 bits per heavy atom. The second-order valence-corrected chi connectivity index (χ2v) is 6.62. The monoisotopic (exact) mass is 297 g/mol. The molecule has 0 bridgehead atoms. The number of hydrogen-bond donors (Lipinski definition) is 1. The first-order valence-electron chi connectivity index (χ1n) is 6.20. The summed E-state index contributed by atoms with van der Waals surface area (Å²) in [5, 5.41) is 17.6. The Balaban J connectivity index is 2.07. The molecule has 0 spiro atoms. The first kappa shape index (κ1) is 14.6. The minimum Gasteiger partial charge on any atom is -0.477 e. The zero-order valence-corrected chi connectivity index (χ0v) is 11.6. The standard InChI is InChI=1S/C12H15N3O4S/c13-5-9-20(18,19)14-7-3-10(4-8-14)15-6-1-2-11(15)12(16)17/h1-2,6,10H,3-4,7-9H2,(H,16,17). The van der Waals surface area contributed by atoms with Crippen LogP contribution in [0.3, 0.4) is 0 Å². The van der Waals surface area contributed by atoms with Crippen molar-refractivity contribution >= 4 is 16.0 Å². The Morgan fingerprint density at radius 2 is 2.10 bits per heavy atom. The Labute approximate surface area is 117 Å². The predicted molar refractivity (Wildman–Crippen MR) is 70.6 cm³/mol. The lowest BCUT2D eigenvalue weighted by atomic mass is 10.1. The summed E-state index contributed by atoms with van der Waals surface area (Å²) >= 11 is 0. The summed E-state index contributed by atoms with van der Waals surface area (Å²) in [4.78, 5) is 11.1. The van der Waals surface area contributed by atoms with Gasteiger partial charge in [0.2, 0.25) is 10.0 Å². The molecule has 1 aromatic rings. The van der Waals surface area contributed by atoms with Crippen LogP contribution in [0.2, 0.25) is 0 Å². The van der Waals surface area contributed by atoms with Gasteiger partial charge in [-0.25, -0.2) is 17.5 Å². The first-order valence-corrected chi connectivity index (χ1v) is 7.81. The predicted octanol–water partition coefficient (Wildman–Crippen LogP) is 0.677. The molecule has 1 aliphatic rings. The van der Waals surface area contributed by atoms with Gasteiger partial charge in [0.15, 0.2) is 5.75 Å². The van der Waals surface area contributed by atoms with Crippen molar-refractivity contribution in [2.24, 2.45) is 0 Å². The maximum Gasteiger partial charge on any atom is 0.352 e. The van der Waals surface area contributed by atoms with Crippen molar-refractivity contribution in [3.63, 3.8) is 0 Å². The van der Waals surface area contributed by atoms with Crippen molar-refractivity contribution in [2.45, 2.75) is 18.9 Å². The van der Waals surface area contributed by atoms with E-state index in [2.05, 4.69) is 0 Å². The van der Waals surface area contributed by atoms with Gasteiger partial charge in [-0.2, -0.15) is 5.26 Å². The molecule has 0 amide bonds. The highest BCUT2D eigenvalue weighted by Gasteiger charge is 2.29. The van der Waals surface area contributed by atoms with E-state index in [0.717, 1.165) is 0 Å². The normalized spacial score (nSPS) is 17.8. The number of rotatable bonds is 4. The number of nitrogens with zero attached hydrogens (tertiary/aromatic N) is 3. The molecule has 0 unspecified atom stereocenters. The smallest absolute Gasteiger partial charge is 0.352 e. The van der Waals surface area contributed by atoms with Gasteiger partial charge in [0, 0.05) is 25.3 Å². The minimum atomic E-state index is -3.51. The fraction of sp³-hybridized carbons (Fsp3) is 0.500. The number of carboxylic acid groups (broad SMARTS) is 1. The van der Waals surface area contributed by atoms with Crippen molar-refractivity contribution in [3.8, 4) is 6.07 Å². The summed E-state index contributed by atoms with van der Waals surface area (Å²) in [5.41, 5.74) is 0.211. The molecular weight excluding hydrogens is 282 g/mol. The van der Waals surface area contributed by atoms with Crippen molar-refractivity contribution in [1.82, 2.24) is 8.87 Å². The van der Waals surface area contributed by atoms with Crippen molar-refractivity contribution in [1.29, 1.82) is 5.26 Å². The molecule has 7 nitrogen and oxygen atoms in total. The Kier molecular flexibility index (Phi) is 4.11. The molecule has 2 heterocycles. The number of hydrogen-bond acceptors (Lipinski definition) is 4. The second kappa shape index (κ2) is 5.64. The summed E-state index contributed by atoms with van der Waals surface area (Å²) in [6.45, 7) is 0.623. The molecule has 20 heavy (non-hydrogen) atoms. The summed E-state index contributed by atoms with van der Waals surface area (Å²) in [5.74, 6) is -1.50. The topological polar surface area (TPSA) is 103 Å². The molecular formula is C12H15N3O4S. The van der Waals surface area contributed by atoms with E-state index in [1.165, 1.54) is 10.4 Å². The van der Waals surface area contributed by atoms with Gasteiger partial charge >= 0.3 is 5.97 Å². The van der Waals surface area contributed by atoms with Gasteiger partial charge in [0.25, 0.3) is 0 Å². The third kappa shape index (κ3) is 2.84. The highest BCUT2D eigenvalue weighted by Crippen LogP contribution is 2.26. The van der Waals surface area contributed by atoms with Crippen LogP contribution in [0, 0.1) is 11.3 Å². The lowest BCUT2D eigenvalue weighted by Gasteiger charge is -2.32. The van der Waals surface area contributed by atoms with Gasteiger partial charge in [-0.15, -0.1) is 0 Å². The van der Waals surface area contributed by atoms with Gasteiger partial charge in [0.05, 0.1) is 6.07 Å². The summed E-state index contributed by atoms with van der Waals surface area (Å²) in [6.07, 6.45) is 2.78. The van der Waals surface area contributed by atoms with Gasteiger partial charge in [-0.3, -0.25) is 0 Å². The molecule has 0 atom stereocenters. The third-order valence-electron chi connectivity index (χ3n) is 3.46. The van der Waals surface area contributed by atoms with Crippen LogP contribution in [0.4, 0.5) is 0 Å². The van der Waals surface area contributed by atoms with Crippen molar-refractivity contribution < 1.29 is 18.3 Å². The number of aromatic nitrogens is 1. The average Bonchev–Trinajstić information content (AvgIpc) is 2.88. The quantitative estimate of drug-likeness (QED) is 0.880. The molecule has 1 aliphatic heterocycles. The average molecular weight is 297 g/mol. The molecule has 0 saturated carbocycles. The Morgan fingerprint density at radius 1 is 1.45 bits per heavy atom. The van der Waals surface area contributed by atoms with Crippen LogP contribution in [-0.2, 0) is 10.0 Å². The summed E-state index contributed by atoms with van der Waals surface area (Å²) in [7, 11) is -3.51. The van der Waals surface area contributed by atoms with Crippen molar-refractivity contribution in [3.05, 3.63) is 24.0 Å². The number of aromatic carboxylic acids is 1. The molecule has 1 fully saturated rings. The fourth-order valence-electron chi connectivity index (χ4n) is 2.46. The zero-order chi connectivity index (χ0) is 14.8. The third-order valence-corrected chi connectivity index (χ3v) is 5.10. The fourth-order valence-corrected chi connectivity index (χ4v) is 3.58. The van der Waals surface area contributed by atoms with Crippen LogP contribution in [0.25, 0.3) is 0 Å². The molecule has 0 aromatic carbocycles. The molecule has 108 valence electrons. The van der Waals surface area contributed by atoms with Crippen LogP contribution in [0.1, 0.15) is 29.4 Å². The SMILES string of the molecule is N#CCS(=O)(=O)N1CCC(n2cccc2C(=O)O)CC1. The van der Waals surface area contributed by atoms with Crippen LogP contribution >= 0.6 is 0 Å². The van der Waals surface area contributed by atoms with Crippen LogP contribution in [0.15, 0.2) is 18.3 Å². The number of sulfonamides is 1. The molecule has 0 radical (unpaired) electrons. The van der Waals surface area contributed by atoms with Gasteiger partial charge in [0.1, 0.15) is 5.69 Å². The Hall–Kier alpha value is -1.85. The highest BCUT2D eigenvalue weighted by atomic mass is 32.2. The lowest BCUT2D eigenvalue weighted by Crippen LogP contribution is -2.40. The maximum absolute atomic E-state index is 11.8. The van der Waals surface area contributed by atoms with E-state index in [-0.39, 0.29) is 11.7 Å². The number of carbonyl (C=O) groups is 1. The second-order valence-electron chi connectivity index (χ2n) is 4.65. The van der Waals surface area contributed by atoms with Gasteiger partial charge < -0.3 is 9.67 Å². The molecule has 0 aliphatic carbocycles. The molecule has 2 rings (SSSR count). The number of nitriles is 1. The molecule has 8 heteroatoms. The van der Waals surface area contributed by atoms with E-state index in [4.69, 9.17) is 10.4 Å². The maximum atomic E-state index is 11.8. The summed E-state index contributed by atoms with van der Waals surface area (Å²) < 4.78 is 26.5. The van der Waals surface area contributed by atoms with E-state index in [1.807, 2.05) is 0 Å². The zero-order valence-electron chi connectivity index (χ0n) is 10.8. The first-order chi connectivity index (χ1) is 9.45. The van der Waals surface area contributed by atoms with E-state index >= 15 is 0 Å². The van der Waals surface area contributed by atoms with Crippen LogP contribution in [-0.4, -0.2) is 47.2 Å². The minimum absolute atomic E-state index is 0.0235. The summed E-state index contributed by atoms with van der Waals surface area (Å²) in [6, 6.07) is 4.83. The number of carboxylic acids is 1. The largest absolute Gasteiger partial charge is 0.477 e. The van der Waals surface area contributed by atoms with Crippen LogP contribution in [0.5, 0.6) is 0 Å². The highest BCUT2D eigenvalue weighted by molar-refractivity contribution is 7.89. The molecule has 1 saturated heterocycles.